The standard InChI is InChI=1S/C15H15ClN2O2S/c1-2-10-17-13-6-8-14(9-7-13)18-21(19,20)15-5-3-4-12(16)11-15/h2-9,11,17-18H,1,10H2. The third-order valence-corrected chi connectivity index (χ3v) is 4.31. The molecule has 0 bridgehead atoms. The number of hydrogen-bond donors (Lipinski definition) is 2. The highest BCUT2D eigenvalue weighted by Crippen LogP contribution is 2.20. The molecule has 0 unspecified atom stereocenters. The molecule has 0 radical (unpaired) electrons. The Balaban J connectivity index is 2.15. The summed E-state index contributed by atoms with van der Waals surface area (Å²) in [7, 11) is -3.64. The predicted molar refractivity (Wildman–Crippen MR) is 87.4 cm³/mol. The van der Waals surface area contributed by atoms with E-state index in [1.165, 1.54) is 12.1 Å². The lowest BCUT2D eigenvalue weighted by molar-refractivity contribution is 0.601. The number of sulfonamides is 1. The van der Waals surface area contributed by atoms with Crippen LogP contribution in [-0.4, -0.2) is 15.0 Å². The summed E-state index contributed by atoms with van der Waals surface area (Å²) in [5.41, 5.74) is 1.37. The van der Waals surface area contributed by atoms with Crippen molar-refractivity contribution >= 4 is 33.0 Å². The lowest BCUT2D eigenvalue weighted by Crippen LogP contribution is -2.12. The highest BCUT2D eigenvalue weighted by molar-refractivity contribution is 7.92. The molecule has 0 spiro atoms. The average Bonchev–Trinajstić information content (AvgIpc) is 2.46. The van der Waals surface area contributed by atoms with E-state index in [9.17, 15) is 8.42 Å². The first kappa shape index (κ1) is 15.4. The van der Waals surface area contributed by atoms with Crippen LogP contribution in [-0.2, 0) is 10.0 Å². The second-order valence-electron chi connectivity index (χ2n) is 4.31. The fourth-order valence-corrected chi connectivity index (χ4v) is 3.05. The van der Waals surface area contributed by atoms with E-state index < -0.39 is 10.0 Å². The van der Waals surface area contributed by atoms with Crippen molar-refractivity contribution in [3.05, 3.63) is 66.2 Å². The Hall–Kier alpha value is -1.98. The topological polar surface area (TPSA) is 58.2 Å². The van der Waals surface area contributed by atoms with E-state index in [0.29, 0.717) is 17.3 Å². The van der Waals surface area contributed by atoms with Gasteiger partial charge in [0.25, 0.3) is 10.0 Å². The van der Waals surface area contributed by atoms with Crippen molar-refractivity contribution in [2.45, 2.75) is 4.90 Å². The van der Waals surface area contributed by atoms with Gasteiger partial charge in [0.2, 0.25) is 0 Å². The molecule has 2 aromatic rings. The fourth-order valence-electron chi connectivity index (χ4n) is 1.69. The molecule has 110 valence electrons. The summed E-state index contributed by atoms with van der Waals surface area (Å²) in [5.74, 6) is 0. The number of halogens is 1. The second-order valence-corrected chi connectivity index (χ2v) is 6.43. The lowest BCUT2D eigenvalue weighted by Gasteiger charge is -2.09. The summed E-state index contributed by atoms with van der Waals surface area (Å²) < 4.78 is 26.9. The first-order valence-electron chi connectivity index (χ1n) is 6.24. The molecule has 0 heterocycles. The summed E-state index contributed by atoms with van der Waals surface area (Å²) in [6.07, 6.45) is 1.75. The maximum atomic E-state index is 12.2. The Morgan fingerprint density at radius 1 is 1.10 bits per heavy atom. The highest BCUT2D eigenvalue weighted by Gasteiger charge is 2.14. The molecule has 2 aromatic carbocycles. The molecule has 0 fully saturated rings. The Morgan fingerprint density at radius 3 is 2.38 bits per heavy atom. The van der Waals surface area contributed by atoms with Gasteiger partial charge in [-0.2, -0.15) is 0 Å². The van der Waals surface area contributed by atoms with Crippen LogP contribution in [0.15, 0.2) is 66.1 Å². The van der Waals surface area contributed by atoms with Crippen LogP contribution in [0.4, 0.5) is 11.4 Å². The second kappa shape index (κ2) is 6.65. The summed E-state index contributed by atoms with van der Waals surface area (Å²) in [6.45, 7) is 4.26. The third-order valence-electron chi connectivity index (χ3n) is 2.69. The number of anilines is 2. The Morgan fingerprint density at radius 2 is 1.76 bits per heavy atom. The zero-order valence-electron chi connectivity index (χ0n) is 11.2. The zero-order valence-corrected chi connectivity index (χ0v) is 12.8. The van der Waals surface area contributed by atoms with Crippen molar-refractivity contribution in [3.63, 3.8) is 0 Å². The molecule has 4 nitrogen and oxygen atoms in total. The van der Waals surface area contributed by atoms with Crippen LogP contribution in [0.5, 0.6) is 0 Å². The van der Waals surface area contributed by atoms with Crippen molar-refractivity contribution in [3.8, 4) is 0 Å². The van der Waals surface area contributed by atoms with Crippen molar-refractivity contribution in [2.24, 2.45) is 0 Å². The molecule has 0 saturated heterocycles. The van der Waals surface area contributed by atoms with E-state index in [1.807, 2.05) is 0 Å². The van der Waals surface area contributed by atoms with E-state index in [-0.39, 0.29) is 4.90 Å². The monoisotopic (exact) mass is 322 g/mol. The van der Waals surface area contributed by atoms with Gasteiger partial charge in [-0.1, -0.05) is 23.7 Å². The third kappa shape index (κ3) is 4.24. The van der Waals surface area contributed by atoms with Crippen LogP contribution < -0.4 is 10.0 Å². The SMILES string of the molecule is C=CCNc1ccc(NS(=O)(=O)c2cccc(Cl)c2)cc1. The highest BCUT2D eigenvalue weighted by atomic mass is 35.5. The summed E-state index contributed by atoms with van der Waals surface area (Å²) in [4.78, 5) is 0.129. The first-order valence-corrected chi connectivity index (χ1v) is 8.10. The van der Waals surface area contributed by atoms with Gasteiger partial charge in [-0.15, -0.1) is 6.58 Å². The summed E-state index contributed by atoms with van der Waals surface area (Å²) >= 11 is 5.81. The van der Waals surface area contributed by atoms with E-state index in [2.05, 4.69) is 16.6 Å². The van der Waals surface area contributed by atoms with Gasteiger partial charge in [0.15, 0.2) is 0 Å². The fraction of sp³-hybridized carbons (Fsp3) is 0.0667. The van der Waals surface area contributed by atoms with E-state index in [1.54, 1.807) is 42.5 Å². The predicted octanol–water partition coefficient (Wildman–Crippen LogP) is 3.74. The van der Waals surface area contributed by atoms with Crippen LogP contribution in [0.25, 0.3) is 0 Å². The first-order chi connectivity index (χ1) is 10.0. The maximum Gasteiger partial charge on any atom is 0.261 e. The summed E-state index contributed by atoms with van der Waals surface area (Å²) in [5, 5.41) is 3.49. The van der Waals surface area contributed by atoms with Crippen LogP contribution in [0, 0.1) is 0 Å². The van der Waals surface area contributed by atoms with Gasteiger partial charge in [-0.3, -0.25) is 4.72 Å². The minimum atomic E-state index is -3.64. The van der Waals surface area contributed by atoms with Gasteiger partial charge < -0.3 is 5.32 Å². The Labute approximate surface area is 129 Å². The molecule has 0 aromatic heterocycles. The summed E-state index contributed by atoms with van der Waals surface area (Å²) in [6, 6.07) is 13.1. The molecule has 2 rings (SSSR count). The number of nitrogens with one attached hydrogen (secondary N) is 2. The van der Waals surface area contributed by atoms with Crippen LogP contribution >= 0.6 is 11.6 Å². The van der Waals surface area contributed by atoms with Crippen molar-refractivity contribution in [2.75, 3.05) is 16.6 Å². The molecule has 0 aliphatic carbocycles. The lowest BCUT2D eigenvalue weighted by atomic mass is 10.3. The zero-order chi connectivity index (χ0) is 15.3. The normalized spacial score (nSPS) is 10.9. The minimum absolute atomic E-state index is 0.129. The van der Waals surface area contributed by atoms with E-state index >= 15 is 0 Å². The molecule has 0 amide bonds. The maximum absolute atomic E-state index is 12.2. The van der Waals surface area contributed by atoms with E-state index in [4.69, 9.17) is 11.6 Å². The number of rotatable bonds is 6. The molecule has 0 atom stereocenters. The number of benzene rings is 2. The smallest absolute Gasteiger partial charge is 0.261 e. The Bertz CT molecular complexity index is 728. The van der Waals surface area contributed by atoms with Gasteiger partial charge in [-0.05, 0) is 42.5 Å². The van der Waals surface area contributed by atoms with Gasteiger partial charge >= 0.3 is 0 Å². The van der Waals surface area contributed by atoms with E-state index in [0.717, 1.165) is 5.69 Å². The molecule has 0 aliphatic heterocycles. The number of hydrogen-bond acceptors (Lipinski definition) is 3. The molecular formula is C15H15ClN2O2S. The van der Waals surface area contributed by atoms with Crippen molar-refractivity contribution in [1.29, 1.82) is 0 Å². The van der Waals surface area contributed by atoms with Crippen molar-refractivity contribution in [1.82, 2.24) is 0 Å². The van der Waals surface area contributed by atoms with Gasteiger partial charge in [0, 0.05) is 22.9 Å². The minimum Gasteiger partial charge on any atom is -0.382 e. The molecule has 21 heavy (non-hydrogen) atoms. The van der Waals surface area contributed by atoms with Gasteiger partial charge in [0.1, 0.15) is 0 Å². The Kier molecular flexibility index (Phi) is 4.88. The molecular weight excluding hydrogens is 308 g/mol. The molecule has 0 aliphatic rings. The largest absolute Gasteiger partial charge is 0.382 e. The molecule has 2 N–H and O–H groups in total. The molecule has 0 saturated carbocycles. The van der Waals surface area contributed by atoms with Crippen molar-refractivity contribution < 1.29 is 8.42 Å². The van der Waals surface area contributed by atoms with Crippen LogP contribution in [0.2, 0.25) is 5.02 Å². The molecule has 6 heteroatoms. The van der Waals surface area contributed by atoms with Crippen LogP contribution in [0.3, 0.4) is 0 Å². The average molecular weight is 323 g/mol. The van der Waals surface area contributed by atoms with Gasteiger partial charge in [0.05, 0.1) is 4.90 Å². The van der Waals surface area contributed by atoms with Gasteiger partial charge in [-0.25, -0.2) is 8.42 Å². The van der Waals surface area contributed by atoms with Crippen LogP contribution in [0.1, 0.15) is 0 Å². The quantitative estimate of drug-likeness (QED) is 0.796.